The number of carbonyl (C=O) groups excluding carboxylic acids is 1. The van der Waals surface area contributed by atoms with Crippen LogP contribution < -0.4 is 20.1 Å². The number of halogens is 1. The predicted molar refractivity (Wildman–Crippen MR) is 129 cm³/mol. The van der Waals surface area contributed by atoms with Gasteiger partial charge in [0.25, 0.3) is 5.91 Å². The summed E-state index contributed by atoms with van der Waals surface area (Å²) in [5.41, 5.74) is 3.71. The van der Waals surface area contributed by atoms with Gasteiger partial charge in [0.1, 0.15) is 0 Å². The number of anilines is 1. The Hall–Kier alpha value is -3.06. The molecule has 0 bridgehead atoms. The lowest BCUT2D eigenvalue weighted by Gasteiger charge is -2.14. The monoisotopic (exact) mass is 456 g/mol. The first kappa shape index (κ1) is 25.2. The van der Waals surface area contributed by atoms with Crippen molar-refractivity contribution in [2.24, 2.45) is 0 Å². The molecule has 1 unspecified atom stereocenters. The van der Waals surface area contributed by atoms with Crippen LogP contribution in [0.3, 0.4) is 0 Å². The molecule has 0 aromatic heterocycles. The maximum Gasteiger partial charge on any atom is 0.262 e. The van der Waals surface area contributed by atoms with Gasteiger partial charge in [-0.25, -0.2) is 0 Å². The zero-order valence-corrected chi connectivity index (χ0v) is 19.0. The fourth-order valence-corrected chi connectivity index (χ4v) is 3.06. The Kier molecular flexibility index (Phi) is 10.0. The van der Waals surface area contributed by atoms with Gasteiger partial charge in [0.15, 0.2) is 18.1 Å². The quantitative estimate of drug-likeness (QED) is 0.424. The van der Waals surface area contributed by atoms with Gasteiger partial charge >= 0.3 is 0 Å². The highest BCUT2D eigenvalue weighted by Gasteiger charge is 2.10. The Morgan fingerprint density at radius 1 is 1.00 bits per heavy atom. The van der Waals surface area contributed by atoms with Crippen molar-refractivity contribution >= 4 is 24.0 Å². The van der Waals surface area contributed by atoms with E-state index in [2.05, 4.69) is 10.6 Å². The molecule has 0 saturated carbocycles. The van der Waals surface area contributed by atoms with Gasteiger partial charge in [-0.2, -0.15) is 0 Å². The molecule has 0 saturated heterocycles. The summed E-state index contributed by atoms with van der Waals surface area (Å²) >= 11 is 0. The van der Waals surface area contributed by atoms with E-state index in [1.807, 2.05) is 73.7 Å². The lowest BCUT2D eigenvalue weighted by molar-refractivity contribution is -0.118. The third-order valence-electron chi connectivity index (χ3n) is 4.77. The van der Waals surface area contributed by atoms with Crippen molar-refractivity contribution in [2.45, 2.75) is 19.6 Å². The number of hydrogen-bond acceptors (Lipinski definition) is 5. The fraction of sp³-hybridized carbons (Fsp3) is 0.240. The summed E-state index contributed by atoms with van der Waals surface area (Å²) in [5, 5.41) is 16.3. The number of nitrogens with one attached hydrogen (secondary N) is 2. The Morgan fingerprint density at radius 3 is 2.41 bits per heavy atom. The van der Waals surface area contributed by atoms with Crippen molar-refractivity contribution in [2.75, 3.05) is 25.6 Å². The van der Waals surface area contributed by atoms with Crippen LogP contribution in [-0.2, 0) is 11.3 Å². The molecular formula is C25H29ClN2O4. The number of ether oxygens (including phenoxy) is 2. The number of amides is 1. The Morgan fingerprint density at radius 2 is 1.72 bits per heavy atom. The molecule has 0 aliphatic heterocycles. The van der Waals surface area contributed by atoms with E-state index in [1.165, 1.54) is 0 Å². The molecule has 1 amide bonds. The molecule has 0 spiro atoms. The van der Waals surface area contributed by atoms with Crippen LogP contribution in [0, 0.1) is 6.92 Å². The second-order valence-corrected chi connectivity index (χ2v) is 7.25. The predicted octanol–water partition coefficient (Wildman–Crippen LogP) is 4.27. The Balaban J connectivity index is 0.00000363. The van der Waals surface area contributed by atoms with Crippen molar-refractivity contribution in [3.8, 4) is 11.5 Å². The number of aliphatic hydroxyl groups is 1. The summed E-state index contributed by atoms with van der Waals surface area (Å²) in [4.78, 5) is 12.1. The number of aryl methyl sites for hydroxylation is 1. The summed E-state index contributed by atoms with van der Waals surface area (Å²) in [6, 6.07) is 22.6. The minimum atomic E-state index is -0.572. The first-order chi connectivity index (χ1) is 15.0. The van der Waals surface area contributed by atoms with Crippen molar-refractivity contribution in [1.82, 2.24) is 5.32 Å². The number of hydrogen-bond donors (Lipinski definition) is 3. The molecule has 0 aliphatic rings. The number of aliphatic hydroxyl groups excluding tert-OH is 1. The van der Waals surface area contributed by atoms with E-state index in [0.29, 0.717) is 24.6 Å². The number of rotatable bonds is 10. The van der Waals surface area contributed by atoms with E-state index >= 15 is 0 Å². The normalized spacial score (nSPS) is 11.2. The third kappa shape index (κ3) is 7.57. The largest absolute Gasteiger partial charge is 0.493 e. The van der Waals surface area contributed by atoms with E-state index in [-0.39, 0.29) is 24.9 Å². The van der Waals surface area contributed by atoms with Gasteiger partial charge in [0.05, 0.1) is 13.2 Å². The molecule has 1 atom stereocenters. The highest BCUT2D eigenvalue weighted by molar-refractivity contribution is 5.91. The molecule has 3 aromatic rings. The second kappa shape index (κ2) is 12.7. The summed E-state index contributed by atoms with van der Waals surface area (Å²) in [5.74, 6) is 0.798. The van der Waals surface area contributed by atoms with Crippen LogP contribution in [0.25, 0.3) is 0 Å². The summed E-state index contributed by atoms with van der Waals surface area (Å²) < 4.78 is 11.1. The lowest BCUT2D eigenvalue weighted by atomic mass is 10.1. The van der Waals surface area contributed by atoms with E-state index in [0.717, 1.165) is 22.4 Å². The first-order valence-corrected chi connectivity index (χ1v) is 10.1. The number of benzene rings is 3. The van der Waals surface area contributed by atoms with Crippen LogP contribution in [0.15, 0.2) is 72.8 Å². The molecule has 0 radical (unpaired) electrons. The second-order valence-electron chi connectivity index (χ2n) is 7.25. The van der Waals surface area contributed by atoms with Crippen LogP contribution in [0.1, 0.15) is 22.8 Å². The maximum atomic E-state index is 12.1. The standard InChI is InChI=1S/C25H28N2O4.ClH/c1-18-8-11-21(12-9-18)27-25(29)17-31-23-13-10-19(14-24(23)30-2)15-26-16-22(28)20-6-4-3-5-7-20;/h3-14,22,26,28H,15-17H2,1-2H3,(H,27,29);1H. The van der Waals surface area contributed by atoms with Crippen LogP contribution in [0.2, 0.25) is 0 Å². The zero-order valence-electron chi connectivity index (χ0n) is 18.2. The van der Waals surface area contributed by atoms with Gasteiger partial charge in [-0.15, -0.1) is 12.4 Å². The molecule has 7 heteroatoms. The topological polar surface area (TPSA) is 79.8 Å². The average Bonchev–Trinajstić information content (AvgIpc) is 2.80. The minimum Gasteiger partial charge on any atom is -0.493 e. The molecular weight excluding hydrogens is 428 g/mol. The summed E-state index contributed by atoms with van der Waals surface area (Å²) in [7, 11) is 1.56. The van der Waals surface area contributed by atoms with Gasteiger partial charge in [-0.3, -0.25) is 4.79 Å². The van der Waals surface area contributed by atoms with Crippen molar-refractivity contribution in [3.63, 3.8) is 0 Å². The smallest absolute Gasteiger partial charge is 0.262 e. The van der Waals surface area contributed by atoms with Crippen molar-refractivity contribution in [3.05, 3.63) is 89.5 Å². The van der Waals surface area contributed by atoms with E-state index in [4.69, 9.17) is 9.47 Å². The molecule has 6 nitrogen and oxygen atoms in total. The molecule has 32 heavy (non-hydrogen) atoms. The fourth-order valence-electron chi connectivity index (χ4n) is 3.06. The maximum absolute atomic E-state index is 12.1. The van der Waals surface area contributed by atoms with Crippen LogP contribution >= 0.6 is 12.4 Å². The SMILES string of the molecule is COc1cc(CNCC(O)c2ccccc2)ccc1OCC(=O)Nc1ccc(C)cc1.Cl. The van der Waals surface area contributed by atoms with Gasteiger partial charge in [-0.05, 0) is 42.3 Å². The van der Waals surface area contributed by atoms with E-state index in [9.17, 15) is 9.90 Å². The molecule has 170 valence electrons. The Labute approximate surface area is 195 Å². The zero-order chi connectivity index (χ0) is 22.1. The third-order valence-corrected chi connectivity index (χ3v) is 4.77. The molecule has 0 heterocycles. The van der Waals surface area contributed by atoms with Gasteiger partial charge in [0, 0.05) is 18.8 Å². The number of methoxy groups -OCH3 is 1. The van der Waals surface area contributed by atoms with Crippen LogP contribution in [-0.4, -0.2) is 31.3 Å². The molecule has 3 aromatic carbocycles. The average molecular weight is 457 g/mol. The molecule has 0 fully saturated rings. The van der Waals surface area contributed by atoms with Gasteiger partial charge < -0.3 is 25.2 Å². The minimum absolute atomic E-state index is 0. The van der Waals surface area contributed by atoms with Gasteiger partial charge in [-0.1, -0.05) is 54.1 Å². The summed E-state index contributed by atoms with van der Waals surface area (Å²) in [6.45, 7) is 2.87. The van der Waals surface area contributed by atoms with E-state index in [1.54, 1.807) is 13.2 Å². The summed E-state index contributed by atoms with van der Waals surface area (Å²) in [6.07, 6.45) is -0.572. The highest BCUT2D eigenvalue weighted by Crippen LogP contribution is 2.28. The van der Waals surface area contributed by atoms with Gasteiger partial charge in [0.2, 0.25) is 0 Å². The highest BCUT2D eigenvalue weighted by atomic mass is 35.5. The molecule has 0 aliphatic carbocycles. The first-order valence-electron chi connectivity index (χ1n) is 10.1. The molecule has 3 rings (SSSR count). The lowest BCUT2D eigenvalue weighted by Crippen LogP contribution is -2.21. The van der Waals surface area contributed by atoms with Crippen LogP contribution in [0.4, 0.5) is 5.69 Å². The van der Waals surface area contributed by atoms with E-state index < -0.39 is 6.10 Å². The van der Waals surface area contributed by atoms with Crippen molar-refractivity contribution < 1.29 is 19.4 Å². The Bertz CT molecular complexity index is 981. The molecule has 3 N–H and O–H groups in total. The van der Waals surface area contributed by atoms with Crippen molar-refractivity contribution in [1.29, 1.82) is 0 Å². The number of carbonyl (C=O) groups is 1. The van der Waals surface area contributed by atoms with Crippen LogP contribution in [0.5, 0.6) is 11.5 Å².